The van der Waals surface area contributed by atoms with E-state index in [9.17, 15) is 13.6 Å². The summed E-state index contributed by atoms with van der Waals surface area (Å²) in [4.78, 5) is 20.4. The zero-order chi connectivity index (χ0) is 17.7. The van der Waals surface area contributed by atoms with Crippen molar-refractivity contribution < 1.29 is 13.6 Å². The van der Waals surface area contributed by atoms with E-state index >= 15 is 0 Å². The minimum atomic E-state index is -0.912. The van der Waals surface area contributed by atoms with Crippen molar-refractivity contribution in [1.29, 1.82) is 0 Å². The van der Waals surface area contributed by atoms with Gasteiger partial charge in [-0.3, -0.25) is 9.78 Å². The molecule has 2 aromatic rings. The number of amides is 1. The molecule has 128 valence electrons. The Hall–Kier alpha value is -2.34. The van der Waals surface area contributed by atoms with Gasteiger partial charge in [0.05, 0.1) is 5.56 Å². The highest BCUT2D eigenvalue weighted by Crippen LogP contribution is 2.14. The Balaban J connectivity index is 2.23. The van der Waals surface area contributed by atoms with E-state index in [1.165, 1.54) is 12.3 Å². The fourth-order valence-electron chi connectivity index (χ4n) is 2.29. The van der Waals surface area contributed by atoms with Crippen LogP contribution in [0, 0.1) is 18.6 Å². The molecule has 0 spiro atoms. The molecule has 1 aromatic carbocycles. The Kier molecular flexibility index (Phi) is 5.98. The summed E-state index contributed by atoms with van der Waals surface area (Å²) in [5, 5.41) is 0. The largest absolute Gasteiger partial charge is 0.333 e. The number of pyridine rings is 1. The second-order valence-corrected chi connectivity index (χ2v) is 6.03. The number of carbonyl (C=O) groups is 1. The number of halogens is 2. The van der Waals surface area contributed by atoms with Crippen LogP contribution < -0.4 is 0 Å². The van der Waals surface area contributed by atoms with Crippen molar-refractivity contribution >= 4 is 5.91 Å². The molecule has 0 radical (unpaired) electrons. The van der Waals surface area contributed by atoms with E-state index in [0.717, 1.165) is 17.7 Å². The average Bonchev–Trinajstić information content (AvgIpc) is 2.54. The molecule has 0 unspecified atom stereocenters. The lowest BCUT2D eigenvalue weighted by atomic mass is 10.1. The summed E-state index contributed by atoms with van der Waals surface area (Å²) in [6.07, 6.45) is 3.19. The standard InChI is InChI=1S/C18H21F2N3O/c1-13-8-15(11-21-10-13)18(24)23(7-6-22(2)3)12-14-4-5-16(19)17(20)9-14/h4-5,8-11H,6-7,12H2,1-3H3. The van der Waals surface area contributed by atoms with Crippen LogP contribution in [0.3, 0.4) is 0 Å². The van der Waals surface area contributed by atoms with Gasteiger partial charge in [-0.25, -0.2) is 8.78 Å². The Morgan fingerprint density at radius 2 is 1.83 bits per heavy atom. The minimum absolute atomic E-state index is 0.183. The highest BCUT2D eigenvalue weighted by Gasteiger charge is 2.17. The summed E-state index contributed by atoms with van der Waals surface area (Å²) < 4.78 is 26.5. The maximum atomic E-state index is 13.4. The number of nitrogens with zero attached hydrogens (tertiary/aromatic N) is 3. The van der Waals surface area contributed by atoms with Gasteiger partial charge in [0.15, 0.2) is 11.6 Å². The number of benzene rings is 1. The number of aryl methyl sites for hydroxylation is 1. The molecule has 0 aliphatic heterocycles. The van der Waals surface area contributed by atoms with Gasteiger partial charge in [0, 0.05) is 32.0 Å². The van der Waals surface area contributed by atoms with Crippen LogP contribution in [0.25, 0.3) is 0 Å². The lowest BCUT2D eigenvalue weighted by Gasteiger charge is -2.24. The van der Waals surface area contributed by atoms with Crippen LogP contribution in [0.15, 0.2) is 36.7 Å². The van der Waals surface area contributed by atoms with Crippen LogP contribution in [0.2, 0.25) is 0 Å². The zero-order valence-corrected chi connectivity index (χ0v) is 14.1. The second-order valence-electron chi connectivity index (χ2n) is 6.03. The molecule has 4 nitrogen and oxygen atoms in total. The van der Waals surface area contributed by atoms with Crippen LogP contribution in [0.4, 0.5) is 8.78 Å². The van der Waals surface area contributed by atoms with Gasteiger partial charge in [-0.15, -0.1) is 0 Å². The first-order valence-electron chi connectivity index (χ1n) is 7.66. The van der Waals surface area contributed by atoms with Crippen LogP contribution in [-0.4, -0.2) is 47.9 Å². The van der Waals surface area contributed by atoms with E-state index in [1.807, 2.05) is 25.9 Å². The van der Waals surface area contributed by atoms with Crippen LogP contribution >= 0.6 is 0 Å². The fraction of sp³-hybridized carbons (Fsp3) is 0.333. The number of hydrogen-bond acceptors (Lipinski definition) is 3. The van der Waals surface area contributed by atoms with Gasteiger partial charge >= 0.3 is 0 Å². The first-order chi connectivity index (χ1) is 11.4. The van der Waals surface area contributed by atoms with Crippen molar-refractivity contribution in [3.63, 3.8) is 0 Å². The molecule has 0 aliphatic rings. The summed E-state index contributed by atoms with van der Waals surface area (Å²) in [7, 11) is 3.82. The Morgan fingerprint density at radius 1 is 1.08 bits per heavy atom. The number of likely N-dealkylation sites (N-methyl/N-ethyl adjacent to an activating group) is 1. The number of hydrogen-bond donors (Lipinski definition) is 0. The molecule has 0 bridgehead atoms. The zero-order valence-electron chi connectivity index (χ0n) is 14.1. The average molecular weight is 333 g/mol. The van der Waals surface area contributed by atoms with Crippen LogP contribution in [0.1, 0.15) is 21.5 Å². The van der Waals surface area contributed by atoms with Crippen molar-refractivity contribution in [2.24, 2.45) is 0 Å². The van der Waals surface area contributed by atoms with Gasteiger partial charge in [-0.2, -0.15) is 0 Å². The molecule has 24 heavy (non-hydrogen) atoms. The maximum Gasteiger partial charge on any atom is 0.255 e. The van der Waals surface area contributed by atoms with E-state index in [-0.39, 0.29) is 12.5 Å². The van der Waals surface area contributed by atoms with E-state index in [2.05, 4.69) is 4.98 Å². The number of aromatic nitrogens is 1. The van der Waals surface area contributed by atoms with Gasteiger partial charge < -0.3 is 9.80 Å². The third-order valence-corrected chi connectivity index (χ3v) is 3.58. The van der Waals surface area contributed by atoms with Crippen LogP contribution in [0.5, 0.6) is 0 Å². The Bertz CT molecular complexity index is 719. The molecule has 6 heteroatoms. The fourth-order valence-corrected chi connectivity index (χ4v) is 2.29. The molecule has 0 saturated carbocycles. The molecule has 1 heterocycles. The Morgan fingerprint density at radius 3 is 2.46 bits per heavy atom. The van der Waals surface area contributed by atoms with Gasteiger partial charge in [0.2, 0.25) is 0 Å². The van der Waals surface area contributed by atoms with Crippen molar-refractivity contribution in [3.8, 4) is 0 Å². The molecular weight excluding hydrogens is 312 g/mol. The van der Waals surface area contributed by atoms with Crippen LogP contribution in [-0.2, 0) is 6.54 Å². The molecule has 0 aliphatic carbocycles. The van der Waals surface area contributed by atoms with Crippen molar-refractivity contribution in [2.75, 3.05) is 27.2 Å². The lowest BCUT2D eigenvalue weighted by Crippen LogP contribution is -2.36. The van der Waals surface area contributed by atoms with E-state index < -0.39 is 11.6 Å². The molecule has 0 fully saturated rings. The molecule has 0 atom stereocenters. The first kappa shape index (κ1) is 18.0. The highest BCUT2D eigenvalue weighted by molar-refractivity contribution is 5.94. The molecule has 0 N–H and O–H groups in total. The summed E-state index contributed by atoms with van der Waals surface area (Å²) in [5.74, 6) is -1.99. The monoisotopic (exact) mass is 333 g/mol. The second kappa shape index (κ2) is 7.97. The van der Waals surface area contributed by atoms with E-state index in [4.69, 9.17) is 0 Å². The SMILES string of the molecule is Cc1cncc(C(=O)N(CCN(C)C)Cc2ccc(F)c(F)c2)c1. The molecule has 1 aromatic heterocycles. The lowest BCUT2D eigenvalue weighted by molar-refractivity contribution is 0.0731. The maximum absolute atomic E-state index is 13.4. The summed E-state index contributed by atoms with van der Waals surface area (Å²) in [6, 6.07) is 5.46. The smallest absolute Gasteiger partial charge is 0.255 e. The summed E-state index contributed by atoms with van der Waals surface area (Å²) >= 11 is 0. The molecule has 1 amide bonds. The normalized spacial score (nSPS) is 10.9. The number of rotatable bonds is 6. The third kappa shape index (κ3) is 4.83. The molecule has 2 rings (SSSR count). The van der Waals surface area contributed by atoms with E-state index in [0.29, 0.717) is 24.2 Å². The molecule has 0 saturated heterocycles. The topological polar surface area (TPSA) is 36.4 Å². The van der Waals surface area contributed by atoms with Crippen molar-refractivity contribution in [1.82, 2.24) is 14.8 Å². The molecular formula is C18H21F2N3O. The summed E-state index contributed by atoms with van der Waals surface area (Å²) in [5.41, 5.74) is 1.92. The Labute approximate surface area is 140 Å². The first-order valence-corrected chi connectivity index (χ1v) is 7.66. The van der Waals surface area contributed by atoms with Crippen molar-refractivity contribution in [2.45, 2.75) is 13.5 Å². The minimum Gasteiger partial charge on any atom is -0.333 e. The quantitative estimate of drug-likeness (QED) is 0.816. The summed E-state index contributed by atoms with van der Waals surface area (Å²) in [6.45, 7) is 3.20. The number of carbonyl (C=O) groups excluding carboxylic acids is 1. The van der Waals surface area contributed by atoms with Crippen molar-refractivity contribution in [3.05, 3.63) is 65.0 Å². The van der Waals surface area contributed by atoms with Gasteiger partial charge in [-0.05, 0) is 50.3 Å². The van der Waals surface area contributed by atoms with Gasteiger partial charge in [0.1, 0.15) is 0 Å². The predicted molar refractivity (Wildman–Crippen MR) is 88.6 cm³/mol. The third-order valence-electron chi connectivity index (χ3n) is 3.58. The highest BCUT2D eigenvalue weighted by atomic mass is 19.2. The van der Waals surface area contributed by atoms with Gasteiger partial charge in [0.25, 0.3) is 5.91 Å². The van der Waals surface area contributed by atoms with Gasteiger partial charge in [-0.1, -0.05) is 6.07 Å². The predicted octanol–water partition coefficient (Wildman–Crippen LogP) is 2.87. The van der Waals surface area contributed by atoms with E-state index in [1.54, 1.807) is 17.2 Å².